The number of carbonyl (C=O) groups excluding carboxylic acids is 3. The molecule has 404 valence electrons. The number of esters is 3. The predicted molar refractivity (Wildman–Crippen MR) is 293 cm³/mol. The third-order valence-corrected chi connectivity index (χ3v) is 14.6. The van der Waals surface area contributed by atoms with Gasteiger partial charge in [-0.3, -0.25) is 14.4 Å². The molecular weight excluding hydrogens is 841 g/mol. The lowest BCUT2D eigenvalue weighted by Gasteiger charge is -2.18. The van der Waals surface area contributed by atoms with Gasteiger partial charge in [0.1, 0.15) is 13.2 Å². The minimum atomic E-state index is -0.763. The Labute approximate surface area is 425 Å². The lowest BCUT2D eigenvalue weighted by molar-refractivity contribution is -0.167. The van der Waals surface area contributed by atoms with E-state index in [-0.39, 0.29) is 31.1 Å². The Hall–Kier alpha value is -1.59. The molecule has 0 radical (unpaired) electrons. The van der Waals surface area contributed by atoms with Crippen LogP contribution in [0.2, 0.25) is 0 Å². The second-order valence-corrected chi connectivity index (χ2v) is 22.1. The minimum absolute atomic E-state index is 0.0626. The summed E-state index contributed by atoms with van der Waals surface area (Å²) >= 11 is 0. The number of unbranched alkanes of at least 4 members (excludes halogenated alkanes) is 40. The second kappa shape index (κ2) is 54.7. The zero-order valence-electron chi connectivity index (χ0n) is 46.7. The van der Waals surface area contributed by atoms with Gasteiger partial charge in [0.05, 0.1) is 0 Å². The molecule has 0 N–H and O–H groups in total. The van der Waals surface area contributed by atoms with Crippen LogP contribution in [-0.4, -0.2) is 37.2 Å². The average Bonchev–Trinajstić information content (AvgIpc) is 3.32. The third-order valence-electron chi connectivity index (χ3n) is 14.6. The standard InChI is InChI=1S/C62H120O6/c1-6-8-9-10-11-12-13-14-15-18-22-25-28-31-37-42-47-52-60(63)66-55-59(56-67-61(64)53-48-43-38-34-33-36-41-46-51-58(5)7-2)68-62(65)54-49-44-39-32-29-26-23-20-17-16-19-21-24-27-30-35-40-45-50-57(3)4/h57-59H,6-56H2,1-5H3/t58?,59-/m0/s1. The molecule has 0 aromatic rings. The Morgan fingerprint density at radius 3 is 0.838 bits per heavy atom. The summed E-state index contributed by atoms with van der Waals surface area (Å²) in [6, 6.07) is 0. The van der Waals surface area contributed by atoms with Gasteiger partial charge in [0, 0.05) is 19.3 Å². The van der Waals surface area contributed by atoms with Crippen LogP contribution in [0, 0.1) is 11.8 Å². The maximum Gasteiger partial charge on any atom is 0.306 e. The van der Waals surface area contributed by atoms with Crippen LogP contribution in [0.5, 0.6) is 0 Å². The Kier molecular flexibility index (Phi) is 53.5. The Balaban J connectivity index is 4.25. The van der Waals surface area contributed by atoms with Gasteiger partial charge < -0.3 is 14.2 Å². The smallest absolute Gasteiger partial charge is 0.306 e. The summed E-state index contributed by atoms with van der Waals surface area (Å²) in [6.45, 7) is 11.4. The van der Waals surface area contributed by atoms with Crippen molar-refractivity contribution in [3.8, 4) is 0 Å². The fraction of sp³-hybridized carbons (Fsp3) is 0.952. The van der Waals surface area contributed by atoms with Crippen molar-refractivity contribution in [2.24, 2.45) is 11.8 Å². The Bertz CT molecular complexity index is 1040. The number of rotatable bonds is 56. The zero-order valence-corrected chi connectivity index (χ0v) is 46.7. The second-order valence-electron chi connectivity index (χ2n) is 22.1. The van der Waals surface area contributed by atoms with Gasteiger partial charge in [0.15, 0.2) is 6.10 Å². The molecule has 1 unspecified atom stereocenters. The van der Waals surface area contributed by atoms with Gasteiger partial charge in [0.25, 0.3) is 0 Å². The molecule has 0 aromatic heterocycles. The monoisotopic (exact) mass is 961 g/mol. The van der Waals surface area contributed by atoms with Crippen LogP contribution in [-0.2, 0) is 28.6 Å². The van der Waals surface area contributed by atoms with Crippen LogP contribution in [0.25, 0.3) is 0 Å². The predicted octanol–water partition coefficient (Wildman–Crippen LogP) is 20.4. The molecule has 0 heterocycles. The first-order valence-corrected chi connectivity index (χ1v) is 30.8. The highest BCUT2D eigenvalue weighted by Crippen LogP contribution is 2.19. The molecule has 0 aliphatic rings. The lowest BCUT2D eigenvalue weighted by Crippen LogP contribution is -2.30. The first kappa shape index (κ1) is 66.4. The largest absolute Gasteiger partial charge is 0.462 e. The van der Waals surface area contributed by atoms with Crippen LogP contribution in [0.1, 0.15) is 349 Å². The fourth-order valence-corrected chi connectivity index (χ4v) is 9.55. The molecule has 0 amide bonds. The van der Waals surface area contributed by atoms with Gasteiger partial charge in [-0.25, -0.2) is 0 Å². The van der Waals surface area contributed by atoms with Crippen molar-refractivity contribution in [2.75, 3.05) is 13.2 Å². The highest BCUT2D eigenvalue weighted by Gasteiger charge is 2.19. The van der Waals surface area contributed by atoms with Crippen LogP contribution in [0.4, 0.5) is 0 Å². The van der Waals surface area contributed by atoms with Crippen molar-refractivity contribution in [1.29, 1.82) is 0 Å². The van der Waals surface area contributed by atoms with Crippen molar-refractivity contribution in [2.45, 2.75) is 355 Å². The SMILES string of the molecule is CCCCCCCCCCCCCCCCCCCC(=O)OC[C@@H](COC(=O)CCCCCCCCCCC(C)CC)OC(=O)CCCCCCCCCCCCCCCCCCCCC(C)C. The topological polar surface area (TPSA) is 78.9 Å². The number of carbonyl (C=O) groups is 3. The van der Waals surface area contributed by atoms with Crippen LogP contribution < -0.4 is 0 Å². The molecule has 6 nitrogen and oxygen atoms in total. The summed E-state index contributed by atoms with van der Waals surface area (Å²) in [5, 5.41) is 0. The van der Waals surface area contributed by atoms with E-state index < -0.39 is 6.10 Å². The molecule has 2 atom stereocenters. The molecule has 0 saturated carbocycles. The molecule has 0 saturated heterocycles. The zero-order chi connectivity index (χ0) is 49.6. The van der Waals surface area contributed by atoms with Crippen molar-refractivity contribution in [1.82, 2.24) is 0 Å². The van der Waals surface area contributed by atoms with Crippen LogP contribution in [0.15, 0.2) is 0 Å². The molecule has 0 aliphatic carbocycles. The molecule has 6 heteroatoms. The molecule has 0 spiro atoms. The normalized spacial score (nSPS) is 12.4. The van der Waals surface area contributed by atoms with Gasteiger partial charge >= 0.3 is 17.9 Å². The number of ether oxygens (including phenoxy) is 3. The van der Waals surface area contributed by atoms with E-state index >= 15 is 0 Å². The fourth-order valence-electron chi connectivity index (χ4n) is 9.55. The third kappa shape index (κ3) is 53.8. The number of hydrogen-bond acceptors (Lipinski definition) is 6. The van der Waals surface area contributed by atoms with Crippen molar-refractivity contribution < 1.29 is 28.6 Å². The van der Waals surface area contributed by atoms with E-state index in [0.29, 0.717) is 19.3 Å². The summed E-state index contributed by atoms with van der Waals surface area (Å²) in [7, 11) is 0. The first-order chi connectivity index (χ1) is 33.3. The molecular formula is C62H120O6. The molecule has 0 aromatic carbocycles. The first-order valence-electron chi connectivity index (χ1n) is 30.8. The van der Waals surface area contributed by atoms with E-state index in [1.54, 1.807) is 0 Å². The van der Waals surface area contributed by atoms with Gasteiger partial charge in [-0.2, -0.15) is 0 Å². The summed E-state index contributed by atoms with van der Waals surface area (Å²) in [5.41, 5.74) is 0. The van der Waals surface area contributed by atoms with E-state index in [1.807, 2.05) is 0 Å². The van der Waals surface area contributed by atoms with Gasteiger partial charge in [-0.05, 0) is 31.1 Å². The van der Waals surface area contributed by atoms with Crippen LogP contribution >= 0.6 is 0 Å². The summed E-state index contributed by atoms with van der Waals surface area (Å²) in [4.78, 5) is 38.2. The average molecular weight is 962 g/mol. The molecule has 0 aliphatic heterocycles. The van der Waals surface area contributed by atoms with E-state index in [4.69, 9.17) is 14.2 Å². The number of hydrogen-bond donors (Lipinski definition) is 0. The quantitative estimate of drug-likeness (QED) is 0.0343. The lowest BCUT2D eigenvalue weighted by atomic mass is 9.99. The maximum absolute atomic E-state index is 12.9. The summed E-state index contributed by atoms with van der Waals surface area (Å²) in [6.07, 6.45) is 59.6. The van der Waals surface area contributed by atoms with Gasteiger partial charge in [-0.15, -0.1) is 0 Å². The highest BCUT2D eigenvalue weighted by molar-refractivity contribution is 5.71. The van der Waals surface area contributed by atoms with Crippen molar-refractivity contribution in [3.63, 3.8) is 0 Å². The summed E-state index contributed by atoms with van der Waals surface area (Å²) < 4.78 is 16.9. The van der Waals surface area contributed by atoms with E-state index in [0.717, 1.165) is 69.6 Å². The van der Waals surface area contributed by atoms with Crippen LogP contribution in [0.3, 0.4) is 0 Å². The van der Waals surface area contributed by atoms with Gasteiger partial charge in [-0.1, -0.05) is 311 Å². The maximum atomic E-state index is 12.9. The van der Waals surface area contributed by atoms with Crippen molar-refractivity contribution >= 4 is 17.9 Å². The highest BCUT2D eigenvalue weighted by atomic mass is 16.6. The van der Waals surface area contributed by atoms with E-state index in [2.05, 4.69) is 34.6 Å². The van der Waals surface area contributed by atoms with E-state index in [9.17, 15) is 14.4 Å². The van der Waals surface area contributed by atoms with Crippen molar-refractivity contribution in [3.05, 3.63) is 0 Å². The minimum Gasteiger partial charge on any atom is -0.462 e. The molecule has 68 heavy (non-hydrogen) atoms. The molecule has 0 fully saturated rings. The molecule has 0 rings (SSSR count). The van der Waals surface area contributed by atoms with E-state index in [1.165, 1.54) is 238 Å². The molecule has 0 bridgehead atoms. The summed E-state index contributed by atoms with van der Waals surface area (Å²) in [5.74, 6) is 0.869. The van der Waals surface area contributed by atoms with Gasteiger partial charge in [0.2, 0.25) is 0 Å². The Morgan fingerprint density at radius 1 is 0.309 bits per heavy atom. The Morgan fingerprint density at radius 2 is 0.559 bits per heavy atom.